The summed E-state index contributed by atoms with van der Waals surface area (Å²) < 4.78 is 11.8. The molecule has 1 fully saturated rings. The summed E-state index contributed by atoms with van der Waals surface area (Å²) in [5, 5.41) is 6.65. The molecule has 0 radical (unpaired) electrons. The molecule has 0 unspecified atom stereocenters. The van der Waals surface area contributed by atoms with Crippen molar-refractivity contribution in [3.8, 4) is 11.5 Å². The molecule has 1 heterocycles. The molecule has 0 aromatic heterocycles. The molecular weight excluding hydrogens is 578 g/mol. The van der Waals surface area contributed by atoms with E-state index in [-0.39, 0.29) is 18.4 Å². The number of carbonyl (C=O) groups is 2. The van der Waals surface area contributed by atoms with Crippen LogP contribution >= 0.6 is 39.3 Å². The van der Waals surface area contributed by atoms with Crippen molar-refractivity contribution in [2.45, 2.75) is 13.8 Å². The third kappa shape index (κ3) is 6.74. The van der Waals surface area contributed by atoms with Gasteiger partial charge in [-0.25, -0.2) is 4.99 Å². The maximum atomic E-state index is 12.6. The number of amides is 2. The van der Waals surface area contributed by atoms with Crippen molar-refractivity contribution >= 4 is 73.7 Å². The summed E-state index contributed by atoms with van der Waals surface area (Å²) in [6.07, 6.45) is 1.73. The Labute approximate surface area is 232 Å². The minimum absolute atomic E-state index is 0.204. The van der Waals surface area contributed by atoms with Crippen LogP contribution in [0, 0.1) is 13.8 Å². The summed E-state index contributed by atoms with van der Waals surface area (Å²) in [6, 6.07) is 16.4. The maximum Gasteiger partial charge on any atom is 0.264 e. The smallest absolute Gasteiger partial charge is 0.264 e. The zero-order valence-electron chi connectivity index (χ0n) is 20.2. The number of aryl methyl sites for hydroxylation is 1. The van der Waals surface area contributed by atoms with E-state index in [1.165, 1.54) is 18.9 Å². The topological polar surface area (TPSA) is 89.0 Å². The van der Waals surface area contributed by atoms with Crippen LogP contribution in [0.3, 0.4) is 0 Å². The fourth-order valence-corrected chi connectivity index (χ4v) is 4.97. The van der Waals surface area contributed by atoms with Crippen LogP contribution in [-0.4, -0.2) is 30.7 Å². The van der Waals surface area contributed by atoms with Crippen molar-refractivity contribution in [3.63, 3.8) is 0 Å². The van der Waals surface area contributed by atoms with Crippen molar-refractivity contribution < 1.29 is 19.1 Å². The zero-order chi connectivity index (χ0) is 26.5. The summed E-state index contributed by atoms with van der Waals surface area (Å²) in [5.41, 5.74) is 4.02. The zero-order valence-corrected chi connectivity index (χ0v) is 23.4. The molecule has 7 nitrogen and oxygen atoms in total. The molecule has 37 heavy (non-hydrogen) atoms. The second-order valence-electron chi connectivity index (χ2n) is 8.10. The summed E-state index contributed by atoms with van der Waals surface area (Å²) in [4.78, 5) is 29.9. The number of ether oxygens (including phenoxy) is 2. The van der Waals surface area contributed by atoms with E-state index in [1.807, 2.05) is 50.2 Å². The number of rotatable bonds is 7. The largest absolute Gasteiger partial charge is 0.493 e. The van der Waals surface area contributed by atoms with Crippen molar-refractivity contribution in [2.75, 3.05) is 19.0 Å². The van der Waals surface area contributed by atoms with E-state index in [4.69, 9.17) is 21.1 Å². The Balaban J connectivity index is 1.47. The minimum atomic E-state index is -0.301. The molecule has 1 aliphatic rings. The number of anilines is 1. The molecule has 0 bridgehead atoms. The third-order valence-corrected chi connectivity index (χ3v) is 7.25. The first-order valence-corrected chi connectivity index (χ1v) is 13.1. The first-order chi connectivity index (χ1) is 17.7. The van der Waals surface area contributed by atoms with E-state index < -0.39 is 0 Å². The van der Waals surface area contributed by atoms with E-state index in [2.05, 4.69) is 31.6 Å². The fraction of sp³-hybridized carbons (Fsp3) is 0.148. The van der Waals surface area contributed by atoms with E-state index in [1.54, 1.807) is 24.3 Å². The van der Waals surface area contributed by atoms with Gasteiger partial charge in [0.2, 0.25) is 0 Å². The molecule has 1 aliphatic heterocycles. The molecule has 0 aliphatic carbocycles. The summed E-state index contributed by atoms with van der Waals surface area (Å²) in [5.74, 6) is 0.235. The molecule has 0 saturated carbocycles. The van der Waals surface area contributed by atoms with Crippen LogP contribution in [0.25, 0.3) is 6.08 Å². The third-order valence-electron chi connectivity index (χ3n) is 5.34. The molecule has 2 amide bonds. The van der Waals surface area contributed by atoms with Gasteiger partial charge >= 0.3 is 0 Å². The Morgan fingerprint density at radius 2 is 1.95 bits per heavy atom. The fourth-order valence-electron chi connectivity index (χ4n) is 3.39. The lowest BCUT2D eigenvalue weighted by molar-refractivity contribution is -0.118. The van der Waals surface area contributed by atoms with Crippen molar-refractivity contribution in [3.05, 3.63) is 85.7 Å². The predicted molar refractivity (Wildman–Crippen MR) is 153 cm³/mol. The molecule has 0 spiro atoms. The minimum Gasteiger partial charge on any atom is -0.493 e. The van der Waals surface area contributed by atoms with Gasteiger partial charge in [0.15, 0.2) is 23.3 Å². The van der Waals surface area contributed by atoms with Gasteiger partial charge < -0.3 is 20.1 Å². The molecule has 0 atom stereocenters. The van der Waals surface area contributed by atoms with Crippen LogP contribution in [0.5, 0.6) is 11.5 Å². The van der Waals surface area contributed by atoms with Gasteiger partial charge in [-0.3, -0.25) is 9.59 Å². The lowest BCUT2D eigenvalue weighted by atomic mass is 10.2. The standard InChI is InChI=1S/C27H23BrClN3O4S/c1-15-7-9-18(10-8-15)30-24(33)14-36-25-19(28)11-17(12-22(25)35-3)13-23-26(34)32-27(37-23)31-21-6-4-5-20(29)16(21)2/h4-13H,14H2,1-3H3,(H,30,33)(H,31,32,34)/b23-13+. The second-order valence-corrected chi connectivity index (χ2v) is 10.4. The molecule has 190 valence electrons. The number of benzene rings is 3. The van der Waals surface area contributed by atoms with Gasteiger partial charge in [-0.2, -0.15) is 0 Å². The average Bonchev–Trinajstić information content (AvgIpc) is 3.20. The number of hydrogen-bond donors (Lipinski definition) is 2. The molecule has 2 N–H and O–H groups in total. The Morgan fingerprint density at radius 3 is 2.68 bits per heavy atom. The Morgan fingerprint density at radius 1 is 1.19 bits per heavy atom. The van der Waals surface area contributed by atoms with Crippen LogP contribution in [0.15, 0.2) is 69.0 Å². The van der Waals surface area contributed by atoms with E-state index in [0.29, 0.717) is 48.0 Å². The number of hydrogen-bond acceptors (Lipinski definition) is 6. The second kappa shape index (κ2) is 11.9. The van der Waals surface area contributed by atoms with Gasteiger partial charge in [0.05, 0.1) is 22.2 Å². The summed E-state index contributed by atoms with van der Waals surface area (Å²) in [7, 11) is 1.51. The average molecular weight is 601 g/mol. The van der Waals surface area contributed by atoms with Gasteiger partial charge in [0.25, 0.3) is 11.8 Å². The Kier molecular flexibility index (Phi) is 8.58. The van der Waals surface area contributed by atoms with Gasteiger partial charge in [-0.1, -0.05) is 35.4 Å². The number of carbonyl (C=O) groups excluding carboxylic acids is 2. The van der Waals surface area contributed by atoms with Crippen LogP contribution in [0.2, 0.25) is 5.02 Å². The molecule has 3 aromatic carbocycles. The van der Waals surface area contributed by atoms with E-state index in [9.17, 15) is 9.59 Å². The first kappa shape index (κ1) is 26.8. The van der Waals surface area contributed by atoms with Crippen molar-refractivity contribution in [1.82, 2.24) is 5.32 Å². The van der Waals surface area contributed by atoms with Crippen LogP contribution < -0.4 is 20.1 Å². The number of nitrogens with zero attached hydrogens (tertiary/aromatic N) is 1. The van der Waals surface area contributed by atoms with Gasteiger partial charge in [0.1, 0.15) is 0 Å². The number of aliphatic imine (C=N–C) groups is 1. The number of methoxy groups -OCH3 is 1. The predicted octanol–water partition coefficient (Wildman–Crippen LogP) is 6.64. The van der Waals surface area contributed by atoms with Crippen molar-refractivity contribution in [1.29, 1.82) is 0 Å². The highest BCUT2D eigenvalue weighted by atomic mass is 79.9. The maximum absolute atomic E-state index is 12.6. The van der Waals surface area contributed by atoms with Gasteiger partial charge in [-0.15, -0.1) is 0 Å². The Hall–Kier alpha value is -3.27. The molecular formula is C27H23BrClN3O4S. The van der Waals surface area contributed by atoms with Crippen LogP contribution in [0.1, 0.15) is 16.7 Å². The SMILES string of the molecule is COc1cc(/C=C2/SC(=Nc3cccc(Cl)c3C)NC2=O)cc(Br)c1OCC(=O)Nc1ccc(C)cc1. The Bertz CT molecular complexity index is 1420. The molecule has 3 aromatic rings. The lowest BCUT2D eigenvalue weighted by Gasteiger charge is -2.14. The quantitative estimate of drug-likeness (QED) is 0.297. The van der Waals surface area contributed by atoms with E-state index >= 15 is 0 Å². The highest BCUT2D eigenvalue weighted by Gasteiger charge is 2.24. The number of amidine groups is 1. The molecule has 1 saturated heterocycles. The van der Waals surface area contributed by atoms with Gasteiger partial charge in [-0.05, 0) is 95.1 Å². The summed E-state index contributed by atoms with van der Waals surface area (Å²) in [6.45, 7) is 3.65. The van der Waals surface area contributed by atoms with Crippen LogP contribution in [-0.2, 0) is 9.59 Å². The van der Waals surface area contributed by atoms with E-state index in [0.717, 1.165) is 11.1 Å². The highest BCUT2D eigenvalue weighted by molar-refractivity contribution is 9.10. The number of nitrogens with one attached hydrogen (secondary N) is 2. The first-order valence-electron chi connectivity index (χ1n) is 11.1. The number of thioether (sulfide) groups is 1. The lowest BCUT2D eigenvalue weighted by Crippen LogP contribution is -2.20. The highest BCUT2D eigenvalue weighted by Crippen LogP contribution is 2.38. The van der Waals surface area contributed by atoms with Gasteiger partial charge in [0, 0.05) is 10.7 Å². The van der Waals surface area contributed by atoms with Crippen molar-refractivity contribution in [2.24, 2.45) is 4.99 Å². The van der Waals surface area contributed by atoms with Crippen LogP contribution in [0.4, 0.5) is 11.4 Å². The number of halogens is 2. The molecule has 4 rings (SSSR count). The normalized spacial score (nSPS) is 15.1. The monoisotopic (exact) mass is 599 g/mol. The molecule has 10 heteroatoms. The summed E-state index contributed by atoms with van der Waals surface area (Å²) >= 11 is 10.9.